The van der Waals surface area contributed by atoms with Crippen LogP contribution in [0.2, 0.25) is 0 Å². The first kappa shape index (κ1) is 14.0. The number of piperidine rings is 1. The predicted molar refractivity (Wildman–Crippen MR) is 69.8 cm³/mol. The first-order chi connectivity index (χ1) is 7.66. The summed E-state index contributed by atoms with van der Waals surface area (Å²) in [5.41, 5.74) is 0.489. The van der Waals surface area contributed by atoms with E-state index in [2.05, 4.69) is 5.32 Å². The molecule has 17 heavy (non-hydrogen) atoms. The Labute approximate surface area is 108 Å². The lowest BCUT2D eigenvalue weighted by atomic mass is 9.83. The molecule has 0 aromatic heterocycles. The molecule has 1 aliphatic heterocycles. The summed E-state index contributed by atoms with van der Waals surface area (Å²) in [6.07, 6.45) is 1.60. The van der Waals surface area contributed by atoms with Gasteiger partial charge < -0.3 is 10.1 Å². The highest BCUT2D eigenvalue weighted by atomic mass is 35.5. The van der Waals surface area contributed by atoms with Crippen molar-refractivity contribution in [2.24, 2.45) is 0 Å². The lowest BCUT2D eigenvalue weighted by Crippen LogP contribution is -2.50. The van der Waals surface area contributed by atoms with Gasteiger partial charge in [-0.1, -0.05) is 12.1 Å². The van der Waals surface area contributed by atoms with Gasteiger partial charge in [0.1, 0.15) is 11.3 Å². The molecule has 0 amide bonds. The average Bonchev–Trinajstić information content (AvgIpc) is 2.33. The molecule has 1 N–H and O–H groups in total. The SMILES string of the molecule is COc1ccc(C2(C)NCCCC2=O)cc1.Cl. The quantitative estimate of drug-likeness (QED) is 0.881. The Morgan fingerprint density at radius 3 is 2.47 bits per heavy atom. The van der Waals surface area contributed by atoms with E-state index < -0.39 is 5.54 Å². The smallest absolute Gasteiger partial charge is 0.157 e. The Balaban J connectivity index is 0.00000144. The van der Waals surface area contributed by atoms with Crippen molar-refractivity contribution in [2.45, 2.75) is 25.3 Å². The third-order valence-corrected chi connectivity index (χ3v) is 3.28. The topological polar surface area (TPSA) is 38.3 Å². The Kier molecular flexibility index (Phi) is 4.54. The van der Waals surface area contributed by atoms with E-state index >= 15 is 0 Å². The van der Waals surface area contributed by atoms with Crippen LogP contribution in [0.25, 0.3) is 0 Å². The van der Waals surface area contributed by atoms with Gasteiger partial charge in [0.05, 0.1) is 7.11 Å². The van der Waals surface area contributed by atoms with E-state index in [9.17, 15) is 4.79 Å². The molecule has 0 saturated carbocycles. The molecule has 1 aliphatic rings. The number of ether oxygens (including phenoxy) is 1. The molecular formula is C13H18ClNO2. The minimum atomic E-state index is -0.523. The van der Waals surface area contributed by atoms with Crippen molar-refractivity contribution >= 4 is 18.2 Å². The van der Waals surface area contributed by atoms with Crippen LogP contribution >= 0.6 is 12.4 Å². The van der Waals surface area contributed by atoms with Crippen molar-refractivity contribution in [3.05, 3.63) is 29.8 Å². The Morgan fingerprint density at radius 2 is 1.94 bits per heavy atom. The Bertz CT molecular complexity index is 391. The fraction of sp³-hybridized carbons (Fsp3) is 0.462. The maximum atomic E-state index is 12.0. The maximum Gasteiger partial charge on any atom is 0.157 e. The average molecular weight is 256 g/mol. The van der Waals surface area contributed by atoms with Gasteiger partial charge in [0.2, 0.25) is 0 Å². The van der Waals surface area contributed by atoms with Crippen LogP contribution in [0.15, 0.2) is 24.3 Å². The summed E-state index contributed by atoms with van der Waals surface area (Å²) in [5.74, 6) is 1.08. The molecule has 0 bridgehead atoms. The van der Waals surface area contributed by atoms with E-state index in [4.69, 9.17) is 4.74 Å². The lowest BCUT2D eigenvalue weighted by molar-refractivity contribution is -0.126. The number of ketones is 1. The van der Waals surface area contributed by atoms with Gasteiger partial charge in [0.15, 0.2) is 5.78 Å². The van der Waals surface area contributed by atoms with Crippen molar-refractivity contribution in [1.82, 2.24) is 5.32 Å². The molecule has 1 aromatic rings. The summed E-state index contributed by atoms with van der Waals surface area (Å²) in [7, 11) is 1.64. The third-order valence-electron chi connectivity index (χ3n) is 3.28. The minimum Gasteiger partial charge on any atom is -0.497 e. The molecule has 2 rings (SSSR count). The molecule has 0 aliphatic carbocycles. The number of nitrogens with one attached hydrogen (secondary N) is 1. The minimum absolute atomic E-state index is 0. The molecule has 0 spiro atoms. The Morgan fingerprint density at radius 1 is 1.29 bits per heavy atom. The molecule has 3 nitrogen and oxygen atoms in total. The number of benzene rings is 1. The summed E-state index contributed by atoms with van der Waals surface area (Å²) >= 11 is 0. The second-order valence-electron chi connectivity index (χ2n) is 4.31. The monoisotopic (exact) mass is 255 g/mol. The largest absolute Gasteiger partial charge is 0.497 e. The molecule has 1 fully saturated rings. The number of Topliss-reactive ketones (excluding diaryl/α,β-unsaturated/α-hetero) is 1. The van der Waals surface area contributed by atoms with Gasteiger partial charge in [-0.3, -0.25) is 4.79 Å². The van der Waals surface area contributed by atoms with Crippen molar-refractivity contribution in [3.8, 4) is 5.75 Å². The second kappa shape index (κ2) is 5.52. The van der Waals surface area contributed by atoms with Crippen LogP contribution in [0.5, 0.6) is 5.75 Å². The number of rotatable bonds is 2. The van der Waals surface area contributed by atoms with Crippen molar-refractivity contribution in [3.63, 3.8) is 0 Å². The summed E-state index contributed by atoms with van der Waals surface area (Å²) in [4.78, 5) is 12.0. The fourth-order valence-electron chi connectivity index (χ4n) is 2.12. The van der Waals surface area contributed by atoms with Crippen LogP contribution in [0.4, 0.5) is 0 Å². The van der Waals surface area contributed by atoms with E-state index in [0.29, 0.717) is 6.42 Å². The van der Waals surface area contributed by atoms with Crippen LogP contribution < -0.4 is 10.1 Å². The molecular weight excluding hydrogens is 238 g/mol. The van der Waals surface area contributed by atoms with E-state index in [1.165, 1.54) is 0 Å². The third kappa shape index (κ3) is 2.61. The van der Waals surface area contributed by atoms with Crippen molar-refractivity contribution in [1.29, 1.82) is 0 Å². The lowest BCUT2D eigenvalue weighted by Gasteiger charge is -2.33. The van der Waals surface area contributed by atoms with Crippen LogP contribution in [-0.2, 0) is 10.3 Å². The molecule has 94 valence electrons. The fourth-order valence-corrected chi connectivity index (χ4v) is 2.12. The van der Waals surface area contributed by atoms with E-state index in [1.54, 1.807) is 7.11 Å². The molecule has 1 atom stereocenters. The van der Waals surface area contributed by atoms with Crippen LogP contribution in [-0.4, -0.2) is 19.4 Å². The summed E-state index contributed by atoms with van der Waals surface area (Å²) in [5, 5.41) is 3.31. The molecule has 1 heterocycles. The van der Waals surface area contributed by atoms with Gasteiger partial charge in [-0.15, -0.1) is 12.4 Å². The summed E-state index contributed by atoms with van der Waals surface area (Å²) in [6.45, 7) is 2.85. The molecule has 0 radical (unpaired) electrons. The van der Waals surface area contributed by atoms with E-state index in [1.807, 2.05) is 31.2 Å². The summed E-state index contributed by atoms with van der Waals surface area (Å²) < 4.78 is 5.11. The number of hydrogen-bond acceptors (Lipinski definition) is 3. The normalized spacial score (nSPS) is 24.0. The van der Waals surface area contributed by atoms with Gasteiger partial charge in [-0.2, -0.15) is 0 Å². The number of hydrogen-bond donors (Lipinski definition) is 1. The highest BCUT2D eigenvalue weighted by Crippen LogP contribution is 2.28. The van der Waals surface area contributed by atoms with Crippen LogP contribution in [0.1, 0.15) is 25.3 Å². The number of carbonyl (C=O) groups excluding carboxylic acids is 1. The van der Waals surface area contributed by atoms with Gasteiger partial charge in [0, 0.05) is 6.42 Å². The zero-order valence-electron chi connectivity index (χ0n) is 10.2. The standard InChI is InChI=1S/C13H17NO2.ClH/c1-13(12(15)4-3-9-14-13)10-5-7-11(16-2)8-6-10;/h5-8,14H,3-4,9H2,1-2H3;1H. The zero-order chi connectivity index (χ0) is 11.6. The zero-order valence-corrected chi connectivity index (χ0v) is 11.0. The van der Waals surface area contributed by atoms with Crippen molar-refractivity contribution in [2.75, 3.05) is 13.7 Å². The molecule has 1 saturated heterocycles. The number of carbonyl (C=O) groups is 1. The first-order valence-corrected chi connectivity index (χ1v) is 5.59. The summed E-state index contributed by atoms with van der Waals surface area (Å²) in [6, 6.07) is 7.69. The second-order valence-corrected chi connectivity index (χ2v) is 4.31. The molecule has 1 aromatic carbocycles. The van der Waals surface area contributed by atoms with Gasteiger partial charge in [-0.05, 0) is 37.6 Å². The molecule has 4 heteroatoms. The van der Waals surface area contributed by atoms with E-state index in [-0.39, 0.29) is 18.2 Å². The maximum absolute atomic E-state index is 12.0. The highest BCUT2D eigenvalue weighted by Gasteiger charge is 2.36. The van der Waals surface area contributed by atoms with Crippen LogP contribution in [0.3, 0.4) is 0 Å². The molecule has 1 unspecified atom stereocenters. The van der Waals surface area contributed by atoms with Gasteiger partial charge in [0.25, 0.3) is 0 Å². The van der Waals surface area contributed by atoms with Gasteiger partial charge in [-0.25, -0.2) is 0 Å². The predicted octanol–water partition coefficient (Wildman–Crippen LogP) is 2.28. The van der Waals surface area contributed by atoms with E-state index in [0.717, 1.165) is 24.3 Å². The highest BCUT2D eigenvalue weighted by molar-refractivity contribution is 5.90. The van der Waals surface area contributed by atoms with Crippen LogP contribution in [0, 0.1) is 0 Å². The number of halogens is 1. The number of methoxy groups -OCH3 is 1. The Hall–Kier alpha value is -1.06. The van der Waals surface area contributed by atoms with Crippen molar-refractivity contribution < 1.29 is 9.53 Å². The van der Waals surface area contributed by atoms with Gasteiger partial charge >= 0.3 is 0 Å². The first-order valence-electron chi connectivity index (χ1n) is 5.59.